The standard InChI is InChI=1S/C61H91N9O30S6/c1-45(71)46-37-51(92-22-5-3-15-49-43-69(67-65-49)20-7-17-63-60(72)47-39-53(94-24-9-31-101(74,75)76)57(98-28-13-35-105(86,87)88)54(40-47)95-25-10-32-102(77,78)79)59(100-30-19-62-2)52(38-46)93-23-6-4-16-50-44-70(68-66-50)21-8-18-64-61(73)48-41-55(96-26-11-33-103(80,81)82)58(99-29-14-36-106(89,90)91)56(42-48)97-27-12-34-104(83,84)85/h37-44,62H,3-36H2,1-2H3,(H,63,72)(H,64,73)(H,74,75,76)(H,77,78,79)(H,80,81,82)(H,83,84,85)(H,86,87,88)(H,89,90,91). The van der Waals surface area contributed by atoms with Gasteiger partial charge in [0.05, 0.1) is 98.8 Å². The second kappa shape index (κ2) is 43.8. The van der Waals surface area contributed by atoms with E-state index in [4.69, 9.17) is 42.6 Å². The van der Waals surface area contributed by atoms with E-state index in [0.29, 0.717) is 105 Å². The van der Waals surface area contributed by atoms with Gasteiger partial charge >= 0.3 is 0 Å². The second-order valence-corrected chi connectivity index (χ2v) is 33.0. The summed E-state index contributed by atoms with van der Waals surface area (Å²) in [6.45, 7) is 1.65. The lowest BCUT2D eigenvalue weighted by atomic mass is 10.1. The van der Waals surface area contributed by atoms with Crippen LogP contribution in [0.5, 0.6) is 51.7 Å². The molecule has 0 aliphatic rings. The zero-order valence-corrected chi connectivity index (χ0v) is 63.2. The topological polar surface area (TPSA) is 558 Å². The van der Waals surface area contributed by atoms with Gasteiger partial charge in [-0.3, -0.25) is 51.1 Å². The third kappa shape index (κ3) is 37.1. The molecule has 3 aromatic carbocycles. The number of aryl methyl sites for hydroxylation is 4. The van der Waals surface area contributed by atoms with Crippen molar-refractivity contribution in [3.63, 3.8) is 0 Å². The van der Waals surface area contributed by atoms with Gasteiger partial charge in [-0.1, -0.05) is 10.4 Å². The summed E-state index contributed by atoms with van der Waals surface area (Å²) < 4.78 is 247. The minimum absolute atomic E-state index is 0.0405. The van der Waals surface area contributed by atoms with Crippen LogP contribution in [0.25, 0.3) is 0 Å². The predicted molar refractivity (Wildman–Crippen MR) is 379 cm³/mol. The molecule has 5 rings (SSSR count). The van der Waals surface area contributed by atoms with Crippen molar-refractivity contribution in [3.8, 4) is 51.7 Å². The van der Waals surface area contributed by atoms with Gasteiger partial charge in [0.15, 0.2) is 40.3 Å². The van der Waals surface area contributed by atoms with Crippen LogP contribution < -0.4 is 58.6 Å². The zero-order valence-electron chi connectivity index (χ0n) is 58.3. The Labute approximate surface area is 614 Å². The number of hydrogen-bond acceptors (Lipinski definition) is 29. The van der Waals surface area contributed by atoms with Crippen LogP contribution in [-0.4, -0.2) is 246 Å². The van der Waals surface area contributed by atoms with Gasteiger partial charge in [-0.2, -0.15) is 50.5 Å². The summed E-state index contributed by atoms with van der Waals surface area (Å²) in [5.41, 5.74) is 1.62. The summed E-state index contributed by atoms with van der Waals surface area (Å²) >= 11 is 0. The van der Waals surface area contributed by atoms with Gasteiger partial charge < -0.3 is 58.6 Å². The highest BCUT2D eigenvalue weighted by atomic mass is 32.2. The summed E-state index contributed by atoms with van der Waals surface area (Å²) in [4.78, 5) is 39.8. The smallest absolute Gasteiger partial charge is 0.264 e. The first-order chi connectivity index (χ1) is 49.9. The Kier molecular flexibility index (Phi) is 36.7. The number of ether oxygens (including phenoxy) is 9. The Bertz CT molecular complexity index is 3990. The number of rotatable bonds is 57. The number of hydrogen-bond donors (Lipinski definition) is 9. The first-order valence-corrected chi connectivity index (χ1v) is 43.0. The minimum Gasteiger partial charge on any atom is -0.490 e. The van der Waals surface area contributed by atoms with Crippen molar-refractivity contribution in [1.82, 2.24) is 45.9 Å². The van der Waals surface area contributed by atoms with Crippen LogP contribution in [0.3, 0.4) is 0 Å². The van der Waals surface area contributed by atoms with E-state index in [1.165, 1.54) is 31.2 Å². The molecule has 0 radical (unpaired) electrons. The van der Waals surface area contributed by atoms with Crippen molar-refractivity contribution >= 4 is 78.3 Å². The van der Waals surface area contributed by atoms with Crippen LogP contribution >= 0.6 is 0 Å². The van der Waals surface area contributed by atoms with Crippen molar-refractivity contribution in [2.24, 2.45) is 0 Å². The summed E-state index contributed by atoms with van der Waals surface area (Å²) in [7, 11) is -24.4. The van der Waals surface area contributed by atoms with Crippen LogP contribution in [-0.2, 0) is 86.6 Å². The first-order valence-electron chi connectivity index (χ1n) is 33.3. The predicted octanol–water partition coefficient (Wildman–Crippen LogP) is 3.05. The van der Waals surface area contributed by atoms with Crippen molar-refractivity contribution < 1.29 is 135 Å². The van der Waals surface area contributed by atoms with Crippen molar-refractivity contribution in [2.45, 2.75) is 110 Å². The third-order valence-corrected chi connectivity index (χ3v) is 19.3. The number of aromatic nitrogens is 6. The number of amides is 2. The molecule has 5 aromatic rings. The number of likely N-dealkylation sites (N-methyl/N-ethyl adjacent to an activating group) is 1. The number of benzene rings is 3. The van der Waals surface area contributed by atoms with E-state index in [2.05, 4.69) is 36.6 Å². The molecule has 596 valence electrons. The van der Waals surface area contributed by atoms with Gasteiger partial charge in [0.25, 0.3) is 72.5 Å². The molecule has 2 heterocycles. The summed E-state index contributed by atoms with van der Waals surface area (Å²) in [5, 5.41) is 25.5. The molecule has 0 aliphatic carbocycles. The molecule has 0 atom stereocenters. The lowest BCUT2D eigenvalue weighted by Crippen LogP contribution is -2.25. The molecule has 0 aliphatic heterocycles. The van der Waals surface area contributed by atoms with E-state index in [-0.39, 0.29) is 162 Å². The lowest BCUT2D eigenvalue weighted by Gasteiger charge is -2.19. The highest BCUT2D eigenvalue weighted by Crippen LogP contribution is 2.42. The molecule has 0 saturated carbocycles. The largest absolute Gasteiger partial charge is 0.490 e. The van der Waals surface area contributed by atoms with Crippen LogP contribution in [0.4, 0.5) is 0 Å². The van der Waals surface area contributed by atoms with Gasteiger partial charge in [-0.15, -0.1) is 10.2 Å². The summed E-state index contributed by atoms with van der Waals surface area (Å²) in [6, 6.07) is 8.21. The number of ketones is 1. The van der Waals surface area contributed by atoms with Crippen molar-refractivity contribution in [2.75, 3.05) is 121 Å². The zero-order chi connectivity index (χ0) is 78.0. The SMILES string of the molecule is CNCCOc1c(OCCCCc2cn(CCCNC(=O)c3cc(OCCCS(=O)(=O)O)c(OCCCS(=O)(=O)O)c(OCCCS(=O)(=O)O)c3)nn2)cc(C(C)=O)cc1OCCCCc1cn(CCCNC(=O)c2cc(OCCCS(=O)(=O)O)c(OCCCS(=O)(=O)O)c(OCCCS(=O)(=O)O)c2)nn1. The normalized spacial score (nSPS) is 12.2. The maximum absolute atomic E-state index is 13.5. The van der Waals surface area contributed by atoms with Gasteiger partial charge in [0.1, 0.15) is 6.61 Å². The van der Waals surface area contributed by atoms with Crippen molar-refractivity contribution in [3.05, 3.63) is 76.9 Å². The van der Waals surface area contributed by atoms with Gasteiger partial charge in [-0.25, -0.2) is 0 Å². The minimum atomic E-state index is -4.37. The van der Waals surface area contributed by atoms with Gasteiger partial charge in [0.2, 0.25) is 17.2 Å². The Morgan fingerprint density at radius 3 is 0.896 bits per heavy atom. The molecule has 0 spiro atoms. The van der Waals surface area contributed by atoms with Crippen LogP contribution in [0.1, 0.15) is 126 Å². The second-order valence-electron chi connectivity index (χ2n) is 23.6. The van der Waals surface area contributed by atoms with E-state index < -0.39 is 107 Å². The molecule has 2 amide bonds. The Balaban J connectivity index is 1.11. The fraction of sp³-hybridized carbons (Fsp3) is 0.590. The Morgan fingerprint density at radius 2 is 0.623 bits per heavy atom. The van der Waals surface area contributed by atoms with E-state index >= 15 is 0 Å². The Hall–Kier alpha value is -7.83. The average molecular weight is 1620 g/mol. The molecule has 0 bridgehead atoms. The fourth-order valence-corrected chi connectivity index (χ4v) is 12.3. The maximum Gasteiger partial charge on any atom is 0.264 e. The molecule has 9 N–H and O–H groups in total. The number of carbonyl (C=O) groups is 3. The molecule has 106 heavy (non-hydrogen) atoms. The molecule has 0 saturated heterocycles. The highest BCUT2D eigenvalue weighted by molar-refractivity contribution is 7.86. The number of carbonyl (C=O) groups excluding carboxylic acids is 3. The molecule has 45 heteroatoms. The van der Waals surface area contributed by atoms with Gasteiger partial charge in [0, 0.05) is 61.8 Å². The summed E-state index contributed by atoms with van der Waals surface area (Å²) in [6.07, 6.45) is 6.50. The van der Waals surface area contributed by atoms with E-state index in [0.717, 1.165) is 0 Å². The van der Waals surface area contributed by atoms with Crippen LogP contribution in [0.15, 0.2) is 48.8 Å². The molecular weight excluding hydrogens is 1530 g/mol. The number of Topliss-reactive ketones (excluding diaryl/α,β-unsaturated/α-hetero) is 1. The van der Waals surface area contributed by atoms with E-state index in [1.54, 1.807) is 40.9 Å². The number of unbranched alkanes of at least 4 members (excludes halogenated alkanes) is 2. The monoisotopic (exact) mass is 1620 g/mol. The molecule has 0 unspecified atom stereocenters. The van der Waals surface area contributed by atoms with Crippen molar-refractivity contribution in [1.29, 1.82) is 0 Å². The molecular formula is C61H91N9O30S6. The molecule has 0 fully saturated rings. The van der Waals surface area contributed by atoms with Crippen LogP contribution in [0, 0.1) is 0 Å². The highest BCUT2D eigenvalue weighted by Gasteiger charge is 2.24. The maximum atomic E-state index is 13.5. The molecule has 2 aromatic heterocycles. The molecule has 39 nitrogen and oxygen atoms in total. The lowest BCUT2D eigenvalue weighted by molar-refractivity contribution is 0.0943. The van der Waals surface area contributed by atoms with Gasteiger partial charge in [-0.05, 0) is 140 Å². The van der Waals surface area contributed by atoms with E-state index in [1.807, 2.05) is 0 Å². The summed E-state index contributed by atoms with van der Waals surface area (Å²) in [5.74, 6) is -5.53. The fourth-order valence-electron chi connectivity index (χ4n) is 9.44. The number of nitrogens with one attached hydrogen (secondary N) is 3. The quantitative estimate of drug-likeness (QED) is 0.0153. The number of nitrogens with zero attached hydrogens (tertiary/aromatic N) is 6. The van der Waals surface area contributed by atoms with E-state index in [9.17, 15) is 92.2 Å². The Morgan fingerprint density at radius 1 is 0.358 bits per heavy atom. The van der Waals surface area contributed by atoms with Crippen LogP contribution in [0.2, 0.25) is 0 Å². The average Bonchev–Trinajstić information content (AvgIpc) is 1.01. The third-order valence-electron chi connectivity index (χ3n) is 14.4. The first kappa shape index (κ1) is 88.8.